The molecular weight excluding hydrogens is 319 g/mol. The molecule has 120 valence electrons. The molecule has 0 unspecified atom stereocenters. The molecule has 4 nitrogen and oxygen atoms in total. The quantitative estimate of drug-likeness (QED) is 0.906. The van der Waals surface area contributed by atoms with Crippen LogP contribution in [0.25, 0.3) is 0 Å². The molecule has 1 aliphatic carbocycles. The Morgan fingerprint density at radius 1 is 1.39 bits per heavy atom. The van der Waals surface area contributed by atoms with Crippen LogP contribution in [-0.2, 0) is 11.3 Å². The molecule has 2 N–H and O–H groups in total. The summed E-state index contributed by atoms with van der Waals surface area (Å²) < 4.78 is 13.0. The average Bonchev–Trinajstić information content (AvgIpc) is 2.54. The summed E-state index contributed by atoms with van der Waals surface area (Å²) >= 11 is 5.96. The van der Waals surface area contributed by atoms with Crippen LogP contribution < -0.4 is 5.32 Å². The first-order valence-electron chi connectivity index (χ1n) is 7.41. The average molecular weight is 335 g/mol. The molecule has 0 saturated carbocycles. The molecule has 1 heterocycles. The second-order valence-corrected chi connectivity index (χ2v) is 5.98. The summed E-state index contributed by atoms with van der Waals surface area (Å²) in [5.74, 6) is -0.904. The Hall–Kier alpha value is -1.98. The Balaban J connectivity index is 1.73. The number of hydrogen-bond acceptors (Lipinski definition) is 3. The van der Waals surface area contributed by atoms with E-state index < -0.39 is 11.9 Å². The summed E-state index contributed by atoms with van der Waals surface area (Å²) in [6, 6.07) is 7.66. The molecule has 0 saturated heterocycles. The minimum atomic E-state index is -0.623. The van der Waals surface area contributed by atoms with E-state index in [1.807, 2.05) is 6.07 Å². The zero-order valence-electron chi connectivity index (χ0n) is 12.3. The summed E-state index contributed by atoms with van der Waals surface area (Å²) in [4.78, 5) is 16.7. The van der Waals surface area contributed by atoms with Crippen LogP contribution in [0.5, 0.6) is 0 Å². The number of aromatic nitrogens is 1. The molecule has 0 bridgehead atoms. The molecule has 0 aliphatic heterocycles. The van der Waals surface area contributed by atoms with Crippen molar-refractivity contribution < 1.29 is 14.3 Å². The molecule has 2 aromatic rings. The van der Waals surface area contributed by atoms with Gasteiger partial charge in [0, 0.05) is 17.8 Å². The van der Waals surface area contributed by atoms with Crippen molar-refractivity contribution in [3.8, 4) is 0 Å². The summed E-state index contributed by atoms with van der Waals surface area (Å²) in [6.07, 6.45) is 2.05. The number of amides is 1. The van der Waals surface area contributed by atoms with Crippen LogP contribution in [0, 0.1) is 5.82 Å². The van der Waals surface area contributed by atoms with Crippen molar-refractivity contribution in [2.45, 2.75) is 31.4 Å². The first kappa shape index (κ1) is 15.9. The number of fused-ring (bicyclic) bond motifs is 1. The fourth-order valence-corrected chi connectivity index (χ4v) is 3.10. The van der Waals surface area contributed by atoms with E-state index in [-0.39, 0.29) is 23.4 Å². The van der Waals surface area contributed by atoms with Gasteiger partial charge in [0.1, 0.15) is 5.82 Å². The third kappa shape index (κ3) is 3.35. The van der Waals surface area contributed by atoms with Crippen molar-refractivity contribution in [3.05, 3.63) is 64.2 Å². The molecule has 1 aromatic heterocycles. The highest BCUT2D eigenvalue weighted by molar-refractivity contribution is 6.31. The number of hydrogen-bond donors (Lipinski definition) is 2. The second kappa shape index (κ2) is 6.64. The Labute approximate surface area is 138 Å². The van der Waals surface area contributed by atoms with E-state index >= 15 is 0 Å². The maximum absolute atomic E-state index is 13.0. The van der Waals surface area contributed by atoms with Crippen LogP contribution in [0.15, 0.2) is 36.5 Å². The summed E-state index contributed by atoms with van der Waals surface area (Å²) in [5.41, 5.74) is 1.98. The molecule has 1 aliphatic rings. The van der Waals surface area contributed by atoms with Crippen molar-refractivity contribution in [3.63, 3.8) is 0 Å². The Kier molecular flexibility index (Phi) is 4.59. The van der Waals surface area contributed by atoms with Gasteiger partial charge in [-0.25, -0.2) is 4.39 Å². The van der Waals surface area contributed by atoms with Crippen molar-refractivity contribution in [2.24, 2.45) is 0 Å². The monoisotopic (exact) mass is 334 g/mol. The van der Waals surface area contributed by atoms with Crippen LogP contribution in [0.1, 0.15) is 41.7 Å². The Bertz CT molecular complexity index is 738. The van der Waals surface area contributed by atoms with Gasteiger partial charge in [-0.3, -0.25) is 9.78 Å². The maximum atomic E-state index is 13.0. The molecule has 23 heavy (non-hydrogen) atoms. The van der Waals surface area contributed by atoms with E-state index in [0.717, 1.165) is 5.56 Å². The van der Waals surface area contributed by atoms with Crippen LogP contribution in [0.4, 0.5) is 4.39 Å². The zero-order chi connectivity index (χ0) is 16.4. The third-order valence-electron chi connectivity index (χ3n) is 4.08. The smallest absolute Gasteiger partial charge is 0.227 e. The molecule has 3 rings (SSSR count). The van der Waals surface area contributed by atoms with Gasteiger partial charge in [0.15, 0.2) is 0 Å². The number of nitrogens with zero attached hydrogens (tertiary/aromatic N) is 1. The molecular formula is C17H16ClFN2O2. The van der Waals surface area contributed by atoms with E-state index in [0.29, 0.717) is 24.1 Å². The standard InChI is InChI=1S/C17H16ClFN2O2/c18-14-8-11(19)4-3-10(14)9-21-17(23)13-5-6-15(22)16-12(13)2-1-7-20-16/h1-4,7-8,13,15,22H,5-6,9H2,(H,21,23)/t13-,15-/m0/s1. The van der Waals surface area contributed by atoms with Gasteiger partial charge in [-0.1, -0.05) is 23.7 Å². The zero-order valence-corrected chi connectivity index (χ0v) is 13.1. The molecule has 6 heteroatoms. The third-order valence-corrected chi connectivity index (χ3v) is 4.43. The fraction of sp³-hybridized carbons (Fsp3) is 0.294. The van der Waals surface area contributed by atoms with E-state index in [4.69, 9.17) is 11.6 Å². The number of benzene rings is 1. The van der Waals surface area contributed by atoms with Gasteiger partial charge < -0.3 is 10.4 Å². The highest BCUT2D eigenvalue weighted by atomic mass is 35.5. The van der Waals surface area contributed by atoms with Crippen molar-refractivity contribution in [2.75, 3.05) is 0 Å². The van der Waals surface area contributed by atoms with Gasteiger partial charge in [0.05, 0.1) is 17.7 Å². The highest BCUT2D eigenvalue weighted by Gasteiger charge is 2.31. The van der Waals surface area contributed by atoms with Crippen molar-refractivity contribution >= 4 is 17.5 Å². The van der Waals surface area contributed by atoms with Gasteiger partial charge in [0.25, 0.3) is 0 Å². The second-order valence-electron chi connectivity index (χ2n) is 5.58. The minimum absolute atomic E-state index is 0.147. The highest BCUT2D eigenvalue weighted by Crippen LogP contribution is 2.36. The number of aliphatic hydroxyl groups excluding tert-OH is 1. The normalized spacial score (nSPS) is 20.0. The lowest BCUT2D eigenvalue weighted by molar-refractivity contribution is -0.123. The van der Waals surface area contributed by atoms with Gasteiger partial charge in [-0.2, -0.15) is 0 Å². The van der Waals surface area contributed by atoms with Crippen LogP contribution in [0.3, 0.4) is 0 Å². The maximum Gasteiger partial charge on any atom is 0.227 e. The Morgan fingerprint density at radius 3 is 3.00 bits per heavy atom. The summed E-state index contributed by atoms with van der Waals surface area (Å²) in [7, 11) is 0. The molecule has 1 amide bonds. The number of halogens is 2. The number of pyridine rings is 1. The Morgan fingerprint density at radius 2 is 2.22 bits per heavy atom. The van der Waals surface area contributed by atoms with Crippen LogP contribution in [-0.4, -0.2) is 16.0 Å². The predicted molar refractivity (Wildman–Crippen MR) is 84.4 cm³/mol. The van der Waals surface area contributed by atoms with Crippen LogP contribution >= 0.6 is 11.6 Å². The summed E-state index contributed by atoms with van der Waals surface area (Å²) in [5, 5.41) is 13.1. The molecule has 0 fully saturated rings. The molecule has 2 atom stereocenters. The lowest BCUT2D eigenvalue weighted by atomic mass is 9.83. The van der Waals surface area contributed by atoms with Crippen molar-refractivity contribution in [1.82, 2.24) is 10.3 Å². The van der Waals surface area contributed by atoms with Gasteiger partial charge in [0.2, 0.25) is 5.91 Å². The first-order valence-corrected chi connectivity index (χ1v) is 7.78. The number of aliphatic hydroxyl groups is 1. The van der Waals surface area contributed by atoms with E-state index in [1.54, 1.807) is 18.3 Å². The summed E-state index contributed by atoms with van der Waals surface area (Å²) in [6.45, 7) is 0.229. The molecule has 1 aromatic carbocycles. The number of carbonyl (C=O) groups excluding carboxylic acids is 1. The number of nitrogens with one attached hydrogen (secondary N) is 1. The molecule has 0 spiro atoms. The fourth-order valence-electron chi connectivity index (χ4n) is 2.86. The first-order chi connectivity index (χ1) is 11.1. The lowest BCUT2D eigenvalue weighted by Gasteiger charge is -2.27. The SMILES string of the molecule is O=C(NCc1ccc(F)cc1Cl)[C@H]1CC[C@H](O)c2ncccc21. The largest absolute Gasteiger partial charge is 0.387 e. The minimum Gasteiger partial charge on any atom is -0.387 e. The van der Waals surface area contributed by atoms with Gasteiger partial charge in [-0.15, -0.1) is 0 Å². The van der Waals surface area contributed by atoms with Gasteiger partial charge in [-0.05, 0) is 42.2 Å². The number of carbonyl (C=O) groups is 1. The van der Waals surface area contributed by atoms with Crippen LogP contribution in [0.2, 0.25) is 5.02 Å². The van der Waals surface area contributed by atoms with E-state index in [2.05, 4.69) is 10.3 Å². The van der Waals surface area contributed by atoms with Crippen molar-refractivity contribution in [1.29, 1.82) is 0 Å². The predicted octanol–water partition coefficient (Wildman–Crippen LogP) is 3.10. The van der Waals surface area contributed by atoms with E-state index in [9.17, 15) is 14.3 Å². The molecule has 0 radical (unpaired) electrons. The van der Waals surface area contributed by atoms with Gasteiger partial charge >= 0.3 is 0 Å². The topological polar surface area (TPSA) is 62.2 Å². The van der Waals surface area contributed by atoms with E-state index in [1.165, 1.54) is 12.1 Å². The lowest BCUT2D eigenvalue weighted by Crippen LogP contribution is -2.32. The number of rotatable bonds is 3.